The van der Waals surface area contributed by atoms with Crippen LogP contribution >= 0.6 is 0 Å². The van der Waals surface area contributed by atoms with E-state index < -0.39 is 6.10 Å². The van der Waals surface area contributed by atoms with Gasteiger partial charge in [0.1, 0.15) is 6.10 Å². The average Bonchev–Trinajstić information content (AvgIpc) is 3.19. The first-order valence-electron chi connectivity index (χ1n) is 23.5. The minimum Gasteiger partial charge on any atom is -0.457 e. The van der Waals surface area contributed by atoms with E-state index in [-0.39, 0.29) is 19.2 Å². The van der Waals surface area contributed by atoms with Gasteiger partial charge in [0.05, 0.1) is 13.2 Å². The molecular formula is C51H90O4. The SMILES string of the molecule is CC/C=C\C/C=C\C/C=C\C/C=C\C/C=C\C/C=C\CCCCCCCOCC(CO)OC(=O)CCCCCCCCCCCCCCCCCCCCC. The van der Waals surface area contributed by atoms with Gasteiger partial charge in [-0.25, -0.2) is 0 Å². The highest BCUT2D eigenvalue weighted by Gasteiger charge is 2.13. The standard InChI is InChI=1S/C51H90O4/c1-3-5-7-9-11-13-15-17-19-21-23-24-25-26-27-29-31-33-35-37-39-41-43-45-47-54-49-50(48-52)55-51(53)46-44-42-40-38-36-34-32-30-28-22-20-18-16-14-12-10-8-6-4-2/h5,7,11,13,17,19,23-24,26-27,31,33,50,52H,3-4,6,8-10,12,14-16,18,20-22,25,28-30,32,34-49H2,1-2H3/b7-5-,13-11-,19-17-,24-23-,27-26-,33-31-. The number of rotatable bonds is 43. The van der Waals surface area contributed by atoms with Crippen molar-refractivity contribution < 1.29 is 19.4 Å². The zero-order valence-corrected chi connectivity index (χ0v) is 36.4. The quantitative estimate of drug-likeness (QED) is 0.0381. The number of aliphatic hydroxyl groups is 1. The van der Waals surface area contributed by atoms with E-state index in [1.165, 1.54) is 128 Å². The molecule has 0 heterocycles. The van der Waals surface area contributed by atoms with E-state index in [4.69, 9.17) is 9.47 Å². The molecule has 0 aliphatic heterocycles. The van der Waals surface area contributed by atoms with Gasteiger partial charge in [-0.15, -0.1) is 0 Å². The zero-order valence-electron chi connectivity index (χ0n) is 36.4. The van der Waals surface area contributed by atoms with Crippen molar-refractivity contribution in [3.8, 4) is 0 Å². The third kappa shape index (κ3) is 46.1. The molecule has 4 heteroatoms. The molecule has 0 aliphatic rings. The topological polar surface area (TPSA) is 55.8 Å². The number of unbranched alkanes of at least 4 members (excludes halogenated alkanes) is 23. The number of ether oxygens (including phenoxy) is 2. The Morgan fingerprint density at radius 1 is 0.455 bits per heavy atom. The molecule has 55 heavy (non-hydrogen) atoms. The van der Waals surface area contributed by atoms with Crippen molar-refractivity contribution in [1.29, 1.82) is 0 Å². The smallest absolute Gasteiger partial charge is 0.306 e. The summed E-state index contributed by atoms with van der Waals surface area (Å²) in [5.74, 6) is -0.207. The molecule has 1 N–H and O–H groups in total. The second-order valence-electron chi connectivity index (χ2n) is 15.5. The highest BCUT2D eigenvalue weighted by atomic mass is 16.6. The normalized spacial score (nSPS) is 13.0. The van der Waals surface area contributed by atoms with Crippen LogP contribution in [0.3, 0.4) is 0 Å². The first-order valence-corrected chi connectivity index (χ1v) is 23.5. The van der Waals surface area contributed by atoms with Gasteiger partial charge >= 0.3 is 5.97 Å². The van der Waals surface area contributed by atoms with Crippen molar-refractivity contribution in [2.24, 2.45) is 0 Å². The van der Waals surface area contributed by atoms with Crippen molar-refractivity contribution in [3.05, 3.63) is 72.9 Å². The van der Waals surface area contributed by atoms with Gasteiger partial charge in [-0.05, 0) is 64.2 Å². The van der Waals surface area contributed by atoms with E-state index in [1.807, 2.05) is 0 Å². The molecule has 1 atom stereocenters. The molecule has 0 rings (SSSR count). The van der Waals surface area contributed by atoms with E-state index in [1.54, 1.807) is 0 Å². The summed E-state index contributed by atoms with van der Waals surface area (Å²) in [6, 6.07) is 0. The first kappa shape index (κ1) is 52.8. The first-order chi connectivity index (χ1) is 27.2. The molecule has 0 saturated carbocycles. The molecule has 0 aromatic carbocycles. The lowest BCUT2D eigenvalue weighted by Gasteiger charge is -2.15. The number of hydrogen-bond donors (Lipinski definition) is 1. The van der Waals surface area contributed by atoms with Crippen molar-refractivity contribution in [1.82, 2.24) is 0 Å². The fourth-order valence-corrected chi connectivity index (χ4v) is 6.57. The van der Waals surface area contributed by atoms with Gasteiger partial charge in [0.25, 0.3) is 0 Å². The van der Waals surface area contributed by atoms with Gasteiger partial charge in [-0.3, -0.25) is 4.79 Å². The molecule has 4 nitrogen and oxygen atoms in total. The van der Waals surface area contributed by atoms with Crippen LogP contribution in [-0.2, 0) is 14.3 Å². The zero-order chi connectivity index (χ0) is 39.8. The Labute approximate surface area is 342 Å². The lowest BCUT2D eigenvalue weighted by molar-refractivity contribution is -0.154. The minimum atomic E-state index is -0.547. The summed E-state index contributed by atoms with van der Waals surface area (Å²) in [5.41, 5.74) is 0. The van der Waals surface area contributed by atoms with Crippen LogP contribution in [0.15, 0.2) is 72.9 Å². The summed E-state index contributed by atoms with van der Waals surface area (Å²) in [5, 5.41) is 9.63. The lowest BCUT2D eigenvalue weighted by atomic mass is 10.0. The summed E-state index contributed by atoms with van der Waals surface area (Å²) in [6.45, 7) is 5.21. The van der Waals surface area contributed by atoms with Crippen molar-refractivity contribution in [2.75, 3.05) is 19.8 Å². The van der Waals surface area contributed by atoms with Crippen LogP contribution in [0.1, 0.15) is 219 Å². The van der Waals surface area contributed by atoms with Crippen LogP contribution in [0.2, 0.25) is 0 Å². The van der Waals surface area contributed by atoms with Gasteiger partial charge in [-0.1, -0.05) is 222 Å². The Kier molecular flexibility index (Phi) is 46.1. The van der Waals surface area contributed by atoms with Crippen LogP contribution in [0, 0.1) is 0 Å². The molecular weight excluding hydrogens is 677 g/mol. The predicted octanol–water partition coefficient (Wildman–Crippen LogP) is 15.8. The second kappa shape index (κ2) is 48.0. The predicted molar refractivity (Wildman–Crippen MR) is 242 cm³/mol. The number of esters is 1. The molecule has 0 bridgehead atoms. The lowest BCUT2D eigenvalue weighted by Crippen LogP contribution is -2.27. The van der Waals surface area contributed by atoms with Crippen LogP contribution in [0.25, 0.3) is 0 Å². The monoisotopic (exact) mass is 767 g/mol. The molecule has 0 aromatic heterocycles. The summed E-state index contributed by atoms with van der Waals surface area (Å²) in [7, 11) is 0. The highest BCUT2D eigenvalue weighted by Crippen LogP contribution is 2.15. The van der Waals surface area contributed by atoms with E-state index in [0.29, 0.717) is 13.0 Å². The van der Waals surface area contributed by atoms with E-state index >= 15 is 0 Å². The maximum Gasteiger partial charge on any atom is 0.306 e. The summed E-state index contributed by atoms with van der Waals surface area (Å²) < 4.78 is 11.2. The van der Waals surface area contributed by atoms with E-state index in [2.05, 4.69) is 86.8 Å². The van der Waals surface area contributed by atoms with E-state index in [0.717, 1.165) is 70.6 Å². The summed E-state index contributed by atoms with van der Waals surface area (Å²) >= 11 is 0. The number of carbonyl (C=O) groups is 1. The van der Waals surface area contributed by atoms with Crippen LogP contribution in [0.4, 0.5) is 0 Å². The number of carbonyl (C=O) groups excluding carboxylic acids is 1. The molecule has 0 fully saturated rings. The number of allylic oxidation sites excluding steroid dienone is 12. The van der Waals surface area contributed by atoms with E-state index in [9.17, 15) is 9.90 Å². The fourth-order valence-electron chi connectivity index (χ4n) is 6.57. The molecule has 0 aliphatic carbocycles. The molecule has 0 aromatic rings. The van der Waals surface area contributed by atoms with Crippen LogP contribution < -0.4 is 0 Å². The van der Waals surface area contributed by atoms with Gasteiger partial charge in [-0.2, -0.15) is 0 Å². The maximum absolute atomic E-state index is 12.2. The van der Waals surface area contributed by atoms with Crippen molar-refractivity contribution in [3.63, 3.8) is 0 Å². The number of aliphatic hydroxyl groups excluding tert-OH is 1. The third-order valence-electron chi connectivity index (χ3n) is 10.0. The Balaban J connectivity index is 3.49. The Morgan fingerprint density at radius 2 is 0.818 bits per heavy atom. The average molecular weight is 767 g/mol. The maximum atomic E-state index is 12.2. The van der Waals surface area contributed by atoms with Gasteiger partial charge in [0, 0.05) is 13.0 Å². The molecule has 0 saturated heterocycles. The van der Waals surface area contributed by atoms with Crippen molar-refractivity contribution >= 4 is 5.97 Å². The van der Waals surface area contributed by atoms with Crippen LogP contribution in [0.5, 0.6) is 0 Å². The molecule has 0 radical (unpaired) electrons. The number of hydrogen-bond acceptors (Lipinski definition) is 4. The molecule has 0 amide bonds. The molecule has 318 valence electrons. The summed E-state index contributed by atoms with van der Waals surface area (Å²) in [6.07, 6.45) is 65.5. The third-order valence-corrected chi connectivity index (χ3v) is 10.0. The largest absolute Gasteiger partial charge is 0.457 e. The fraction of sp³-hybridized carbons (Fsp3) is 0.745. The summed E-state index contributed by atoms with van der Waals surface area (Å²) in [4.78, 5) is 12.2. The Hall–Kier alpha value is -2.17. The highest BCUT2D eigenvalue weighted by molar-refractivity contribution is 5.69. The Bertz CT molecular complexity index is 942. The van der Waals surface area contributed by atoms with Crippen molar-refractivity contribution in [2.45, 2.75) is 225 Å². The minimum absolute atomic E-state index is 0.181. The Morgan fingerprint density at radius 3 is 1.24 bits per heavy atom. The van der Waals surface area contributed by atoms with Crippen LogP contribution in [-0.4, -0.2) is 37.0 Å². The molecule has 1 unspecified atom stereocenters. The molecule has 0 spiro atoms. The van der Waals surface area contributed by atoms with Gasteiger partial charge < -0.3 is 14.6 Å². The van der Waals surface area contributed by atoms with Gasteiger partial charge in [0.15, 0.2) is 0 Å². The second-order valence-corrected chi connectivity index (χ2v) is 15.5. The van der Waals surface area contributed by atoms with Gasteiger partial charge in [0.2, 0.25) is 0 Å².